The molecule has 0 saturated carbocycles. The van der Waals surface area contributed by atoms with Gasteiger partial charge in [0, 0.05) is 23.8 Å². The standard InChI is InChI=1S/C23H25N3O2/c1-6-21(28)26(5)19-9-7-8-17(14(19)3)18-11-10-16(12-20(24)27)23-22(18)13(2)15(4)25-23/h6-11,25H,1,12H2,2-5H3,(H2,24,27). The van der Waals surface area contributed by atoms with Crippen molar-refractivity contribution >= 4 is 28.4 Å². The lowest BCUT2D eigenvalue weighted by atomic mass is 9.92. The minimum Gasteiger partial charge on any atom is -0.369 e. The van der Waals surface area contributed by atoms with Crippen molar-refractivity contribution < 1.29 is 9.59 Å². The van der Waals surface area contributed by atoms with Gasteiger partial charge in [-0.2, -0.15) is 0 Å². The molecule has 3 aromatic rings. The Morgan fingerprint density at radius 3 is 2.46 bits per heavy atom. The monoisotopic (exact) mass is 375 g/mol. The van der Waals surface area contributed by atoms with E-state index in [1.54, 1.807) is 11.9 Å². The van der Waals surface area contributed by atoms with Crippen molar-refractivity contribution in [1.82, 2.24) is 4.98 Å². The Balaban J connectivity index is 2.27. The minimum absolute atomic E-state index is 0.157. The minimum atomic E-state index is -0.360. The summed E-state index contributed by atoms with van der Waals surface area (Å²) in [6.45, 7) is 9.67. The molecule has 28 heavy (non-hydrogen) atoms. The first kappa shape index (κ1) is 19.4. The number of H-pyrrole nitrogens is 1. The van der Waals surface area contributed by atoms with Crippen LogP contribution in [0.1, 0.15) is 22.4 Å². The third-order valence-electron chi connectivity index (χ3n) is 5.37. The zero-order chi connectivity index (χ0) is 20.6. The maximum absolute atomic E-state index is 12.1. The van der Waals surface area contributed by atoms with E-state index in [2.05, 4.69) is 24.6 Å². The molecule has 1 aromatic heterocycles. The molecule has 0 aliphatic heterocycles. The van der Waals surface area contributed by atoms with E-state index in [4.69, 9.17) is 5.73 Å². The Bertz CT molecular complexity index is 1110. The first-order chi connectivity index (χ1) is 13.3. The summed E-state index contributed by atoms with van der Waals surface area (Å²) in [5.74, 6) is -0.516. The van der Waals surface area contributed by atoms with Crippen molar-refractivity contribution in [3.05, 3.63) is 65.4 Å². The van der Waals surface area contributed by atoms with E-state index in [-0.39, 0.29) is 18.2 Å². The zero-order valence-electron chi connectivity index (χ0n) is 16.7. The largest absolute Gasteiger partial charge is 0.369 e. The Morgan fingerprint density at radius 2 is 1.82 bits per heavy atom. The molecule has 0 aliphatic rings. The van der Waals surface area contributed by atoms with Crippen LogP contribution in [0, 0.1) is 20.8 Å². The summed E-state index contributed by atoms with van der Waals surface area (Å²) in [5.41, 5.74) is 13.4. The number of aromatic nitrogens is 1. The van der Waals surface area contributed by atoms with Crippen molar-refractivity contribution in [1.29, 1.82) is 0 Å². The first-order valence-electron chi connectivity index (χ1n) is 9.15. The number of carbonyl (C=O) groups is 2. The number of aryl methyl sites for hydroxylation is 2. The summed E-state index contributed by atoms with van der Waals surface area (Å²) in [4.78, 5) is 28.6. The first-order valence-corrected chi connectivity index (χ1v) is 9.15. The van der Waals surface area contributed by atoms with Crippen molar-refractivity contribution in [3.8, 4) is 11.1 Å². The van der Waals surface area contributed by atoms with E-state index in [0.717, 1.165) is 50.1 Å². The number of hydrogen-bond donors (Lipinski definition) is 2. The van der Waals surface area contributed by atoms with Crippen LogP contribution in [0.5, 0.6) is 0 Å². The molecule has 0 unspecified atom stereocenters. The Hall–Kier alpha value is -3.34. The number of hydrogen-bond acceptors (Lipinski definition) is 2. The second kappa shape index (κ2) is 7.35. The van der Waals surface area contributed by atoms with E-state index < -0.39 is 0 Å². The molecule has 3 N–H and O–H groups in total. The van der Waals surface area contributed by atoms with Crippen LogP contribution in [-0.2, 0) is 16.0 Å². The van der Waals surface area contributed by atoms with E-state index in [1.807, 2.05) is 38.1 Å². The summed E-state index contributed by atoms with van der Waals surface area (Å²) in [6.07, 6.45) is 1.49. The number of nitrogens with two attached hydrogens (primary N) is 1. The van der Waals surface area contributed by atoms with Gasteiger partial charge in [0.1, 0.15) is 0 Å². The highest BCUT2D eigenvalue weighted by Gasteiger charge is 2.18. The van der Waals surface area contributed by atoms with Gasteiger partial charge in [-0.25, -0.2) is 0 Å². The number of amides is 2. The van der Waals surface area contributed by atoms with Crippen LogP contribution in [-0.4, -0.2) is 23.8 Å². The van der Waals surface area contributed by atoms with Gasteiger partial charge in [0.15, 0.2) is 0 Å². The molecule has 2 amide bonds. The summed E-state index contributed by atoms with van der Waals surface area (Å²) >= 11 is 0. The molecule has 0 saturated heterocycles. The maximum Gasteiger partial charge on any atom is 0.250 e. The summed E-state index contributed by atoms with van der Waals surface area (Å²) in [7, 11) is 1.74. The fourth-order valence-corrected chi connectivity index (χ4v) is 3.74. The molecule has 0 atom stereocenters. The maximum atomic E-state index is 12.1. The van der Waals surface area contributed by atoms with Gasteiger partial charge >= 0.3 is 0 Å². The molecule has 0 bridgehead atoms. The van der Waals surface area contributed by atoms with Crippen LogP contribution in [0.25, 0.3) is 22.0 Å². The van der Waals surface area contributed by atoms with Crippen LogP contribution in [0.3, 0.4) is 0 Å². The third-order valence-corrected chi connectivity index (χ3v) is 5.37. The highest BCUT2D eigenvalue weighted by Crippen LogP contribution is 2.38. The topological polar surface area (TPSA) is 79.2 Å². The average Bonchev–Trinajstić information content (AvgIpc) is 2.96. The number of anilines is 1. The Labute approximate surface area is 164 Å². The Kier molecular flexibility index (Phi) is 5.10. The van der Waals surface area contributed by atoms with E-state index in [1.165, 1.54) is 6.08 Å². The molecule has 144 valence electrons. The predicted octanol–water partition coefficient (Wildman–Crippen LogP) is 3.94. The fraction of sp³-hybridized carbons (Fsp3) is 0.217. The number of carbonyl (C=O) groups excluding carboxylic acids is 2. The predicted molar refractivity (Wildman–Crippen MR) is 114 cm³/mol. The van der Waals surface area contributed by atoms with Crippen molar-refractivity contribution in [3.63, 3.8) is 0 Å². The Morgan fingerprint density at radius 1 is 1.11 bits per heavy atom. The highest BCUT2D eigenvalue weighted by molar-refractivity contribution is 6.04. The van der Waals surface area contributed by atoms with Gasteiger partial charge in [0.25, 0.3) is 0 Å². The number of aromatic amines is 1. The molecule has 1 heterocycles. The molecule has 0 fully saturated rings. The lowest BCUT2D eigenvalue weighted by Gasteiger charge is -2.20. The van der Waals surface area contributed by atoms with Crippen molar-refractivity contribution in [2.24, 2.45) is 5.73 Å². The van der Waals surface area contributed by atoms with Crippen LogP contribution in [0.15, 0.2) is 43.0 Å². The number of benzene rings is 2. The van der Waals surface area contributed by atoms with Crippen LogP contribution < -0.4 is 10.6 Å². The van der Waals surface area contributed by atoms with E-state index in [0.29, 0.717) is 0 Å². The molecule has 5 heteroatoms. The van der Waals surface area contributed by atoms with Gasteiger partial charge in [-0.05, 0) is 60.7 Å². The van der Waals surface area contributed by atoms with E-state index >= 15 is 0 Å². The molecule has 2 aromatic carbocycles. The van der Waals surface area contributed by atoms with Gasteiger partial charge in [0.2, 0.25) is 11.8 Å². The number of fused-ring (bicyclic) bond motifs is 1. The fourth-order valence-electron chi connectivity index (χ4n) is 3.74. The summed E-state index contributed by atoms with van der Waals surface area (Å²) in [5, 5.41) is 1.08. The summed E-state index contributed by atoms with van der Waals surface area (Å²) < 4.78 is 0. The van der Waals surface area contributed by atoms with E-state index in [9.17, 15) is 9.59 Å². The zero-order valence-corrected chi connectivity index (χ0v) is 16.7. The number of nitrogens with zero attached hydrogens (tertiary/aromatic N) is 1. The average molecular weight is 375 g/mol. The van der Waals surface area contributed by atoms with Crippen LogP contribution >= 0.6 is 0 Å². The second-order valence-corrected chi connectivity index (χ2v) is 7.09. The lowest BCUT2D eigenvalue weighted by molar-refractivity contribution is -0.117. The molecule has 3 rings (SSSR count). The van der Waals surface area contributed by atoms with Gasteiger partial charge in [-0.1, -0.05) is 30.8 Å². The van der Waals surface area contributed by atoms with Gasteiger partial charge < -0.3 is 15.6 Å². The molecular weight excluding hydrogens is 350 g/mol. The molecule has 0 aliphatic carbocycles. The summed E-state index contributed by atoms with van der Waals surface area (Å²) in [6, 6.07) is 9.90. The van der Waals surface area contributed by atoms with Crippen molar-refractivity contribution in [2.75, 3.05) is 11.9 Å². The number of primary amides is 1. The second-order valence-electron chi connectivity index (χ2n) is 7.09. The van der Waals surface area contributed by atoms with Gasteiger partial charge in [-0.15, -0.1) is 0 Å². The smallest absolute Gasteiger partial charge is 0.250 e. The number of likely N-dealkylation sites (N-methyl/N-ethyl adjacent to an activating group) is 1. The number of nitrogens with one attached hydrogen (secondary N) is 1. The van der Waals surface area contributed by atoms with Crippen molar-refractivity contribution in [2.45, 2.75) is 27.2 Å². The van der Waals surface area contributed by atoms with Crippen LogP contribution in [0.4, 0.5) is 5.69 Å². The SMILES string of the molecule is C=CC(=O)N(C)c1cccc(-c2ccc(CC(N)=O)c3[nH]c(C)c(C)c23)c1C. The quantitative estimate of drug-likeness (QED) is 0.663. The van der Waals surface area contributed by atoms with Gasteiger partial charge in [-0.3, -0.25) is 9.59 Å². The van der Waals surface area contributed by atoms with Crippen LogP contribution in [0.2, 0.25) is 0 Å². The number of rotatable bonds is 5. The molecule has 0 spiro atoms. The highest BCUT2D eigenvalue weighted by atomic mass is 16.2. The third kappa shape index (κ3) is 3.20. The van der Waals surface area contributed by atoms with Gasteiger partial charge in [0.05, 0.1) is 11.9 Å². The molecule has 0 radical (unpaired) electrons. The molecule has 5 nitrogen and oxygen atoms in total. The lowest BCUT2D eigenvalue weighted by Crippen LogP contribution is -2.24. The molecular formula is C23H25N3O2. The normalized spacial score (nSPS) is 10.9.